The highest BCUT2D eigenvalue weighted by atomic mass is 35.5. The number of sulfonamides is 1. The van der Waals surface area contributed by atoms with Crippen LogP contribution < -0.4 is 4.31 Å². The lowest BCUT2D eigenvalue weighted by Gasteiger charge is -2.31. The monoisotopic (exact) mass is 381 g/mol. The lowest BCUT2D eigenvalue weighted by molar-refractivity contribution is -0.137. The molecule has 0 aliphatic heterocycles. The molecule has 0 saturated carbocycles. The first-order valence-electron chi connectivity index (χ1n) is 7.72. The second-order valence-corrected chi connectivity index (χ2v) is 8.17. The third-order valence-corrected chi connectivity index (χ3v) is 6.28. The van der Waals surface area contributed by atoms with Crippen LogP contribution in [0.4, 0.5) is 5.69 Å². The van der Waals surface area contributed by atoms with Crippen LogP contribution in [0.3, 0.4) is 0 Å². The lowest BCUT2D eigenvalue weighted by Crippen LogP contribution is -2.40. The number of halogens is 1. The summed E-state index contributed by atoms with van der Waals surface area (Å²) in [6, 6.07) is 10.6. The van der Waals surface area contributed by atoms with E-state index in [2.05, 4.69) is 0 Å². The minimum Gasteiger partial charge on any atom is -0.481 e. The minimum atomic E-state index is -3.94. The molecule has 2 rings (SSSR count). The Balaban J connectivity index is 2.64. The molecule has 0 aliphatic carbocycles. The van der Waals surface area contributed by atoms with E-state index in [0.717, 1.165) is 9.87 Å². The maximum Gasteiger partial charge on any atom is 0.305 e. The Hall–Kier alpha value is -2.05. The summed E-state index contributed by atoms with van der Waals surface area (Å²) in [4.78, 5) is 11.3. The molecular formula is C18H20ClNO4S. The van der Waals surface area contributed by atoms with Crippen molar-refractivity contribution in [1.29, 1.82) is 0 Å². The van der Waals surface area contributed by atoms with Crippen LogP contribution in [0.15, 0.2) is 47.4 Å². The first-order chi connectivity index (χ1) is 11.6. The molecule has 0 amide bonds. The highest BCUT2D eigenvalue weighted by molar-refractivity contribution is 7.92. The summed E-state index contributed by atoms with van der Waals surface area (Å²) in [5.41, 5.74) is 1.89. The Morgan fingerprint density at radius 1 is 1.16 bits per heavy atom. The third-order valence-electron chi connectivity index (χ3n) is 3.92. The lowest BCUT2D eigenvalue weighted by atomic mass is 10.1. The Morgan fingerprint density at radius 2 is 1.76 bits per heavy atom. The normalized spacial score (nSPS) is 12.6. The van der Waals surface area contributed by atoms with Crippen LogP contribution in [0.1, 0.15) is 24.5 Å². The van der Waals surface area contributed by atoms with Crippen molar-refractivity contribution in [3.05, 3.63) is 58.6 Å². The zero-order valence-electron chi connectivity index (χ0n) is 14.2. The summed E-state index contributed by atoms with van der Waals surface area (Å²) in [5.74, 6) is -1.07. The fourth-order valence-electron chi connectivity index (χ4n) is 2.60. The molecule has 0 saturated heterocycles. The number of anilines is 1. The fraction of sp³-hybridized carbons (Fsp3) is 0.278. The molecule has 7 heteroatoms. The van der Waals surface area contributed by atoms with Crippen LogP contribution >= 0.6 is 11.6 Å². The van der Waals surface area contributed by atoms with E-state index in [0.29, 0.717) is 16.3 Å². The van der Waals surface area contributed by atoms with Crippen LogP contribution in [-0.4, -0.2) is 25.5 Å². The summed E-state index contributed by atoms with van der Waals surface area (Å²) in [6.45, 7) is 5.14. The second-order valence-electron chi connectivity index (χ2n) is 5.94. The summed E-state index contributed by atoms with van der Waals surface area (Å²) < 4.78 is 27.6. The molecule has 5 nitrogen and oxygen atoms in total. The summed E-state index contributed by atoms with van der Waals surface area (Å²) in [5, 5.41) is 9.55. The highest BCUT2D eigenvalue weighted by Crippen LogP contribution is 2.33. The van der Waals surface area contributed by atoms with Gasteiger partial charge in [-0.25, -0.2) is 8.42 Å². The topological polar surface area (TPSA) is 74.7 Å². The number of aryl methyl sites for hydroxylation is 1. The first kappa shape index (κ1) is 19.3. The summed E-state index contributed by atoms with van der Waals surface area (Å²) in [6.07, 6.45) is -0.322. The molecule has 0 radical (unpaired) electrons. The first-order valence-corrected chi connectivity index (χ1v) is 9.54. The van der Waals surface area contributed by atoms with E-state index in [1.807, 2.05) is 6.92 Å². The summed E-state index contributed by atoms with van der Waals surface area (Å²) in [7, 11) is -3.94. The van der Waals surface area contributed by atoms with Crippen molar-refractivity contribution in [3.63, 3.8) is 0 Å². The molecule has 2 aromatic rings. The highest BCUT2D eigenvalue weighted by Gasteiger charge is 2.32. The second kappa shape index (κ2) is 7.45. The molecule has 0 bridgehead atoms. The van der Waals surface area contributed by atoms with E-state index in [1.165, 1.54) is 12.1 Å². The Kier molecular flexibility index (Phi) is 5.75. The van der Waals surface area contributed by atoms with E-state index in [-0.39, 0.29) is 11.3 Å². The number of rotatable bonds is 6. The van der Waals surface area contributed by atoms with Crippen molar-refractivity contribution < 1.29 is 18.3 Å². The molecule has 0 heterocycles. The van der Waals surface area contributed by atoms with Crippen molar-refractivity contribution in [2.24, 2.45) is 0 Å². The van der Waals surface area contributed by atoms with Crippen molar-refractivity contribution >= 4 is 33.3 Å². The molecule has 1 atom stereocenters. The van der Waals surface area contributed by atoms with Crippen LogP contribution in [0.25, 0.3) is 0 Å². The minimum absolute atomic E-state index is 0.106. The van der Waals surface area contributed by atoms with Gasteiger partial charge in [0.15, 0.2) is 0 Å². The van der Waals surface area contributed by atoms with Gasteiger partial charge in [-0.2, -0.15) is 0 Å². The molecule has 134 valence electrons. The number of carbonyl (C=O) groups is 1. The maximum atomic E-state index is 13.2. The van der Waals surface area contributed by atoms with Gasteiger partial charge < -0.3 is 5.11 Å². The van der Waals surface area contributed by atoms with Gasteiger partial charge in [0.2, 0.25) is 0 Å². The van der Waals surface area contributed by atoms with Crippen molar-refractivity contribution in [2.45, 2.75) is 38.1 Å². The van der Waals surface area contributed by atoms with Crippen molar-refractivity contribution in [3.8, 4) is 0 Å². The van der Waals surface area contributed by atoms with Crippen LogP contribution in [0.2, 0.25) is 5.02 Å². The van der Waals surface area contributed by atoms with Crippen LogP contribution in [0.5, 0.6) is 0 Å². The number of benzene rings is 2. The maximum absolute atomic E-state index is 13.2. The van der Waals surface area contributed by atoms with Crippen LogP contribution in [0, 0.1) is 13.8 Å². The zero-order chi connectivity index (χ0) is 18.8. The molecule has 0 spiro atoms. The number of hydrogen-bond donors (Lipinski definition) is 1. The summed E-state index contributed by atoms with van der Waals surface area (Å²) >= 11 is 6.15. The Bertz CT molecular complexity index is 878. The number of nitrogens with zero attached hydrogens (tertiary/aromatic N) is 1. The van der Waals surface area contributed by atoms with Gasteiger partial charge in [0.05, 0.1) is 23.0 Å². The van der Waals surface area contributed by atoms with E-state index >= 15 is 0 Å². The third kappa shape index (κ3) is 4.14. The van der Waals surface area contributed by atoms with Gasteiger partial charge in [0.1, 0.15) is 0 Å². The number of carboxylic acid groups (broad SMARTS) is 1. The molecule has 0 aliphatic rings. The van der Waals surface area contributed by atoms with E-state index in [1.54, 1.807) is 44.2 Å². The predicted octanol–water partition coefficient (Wildman–Crippen LogP) is 4.02. The molecule has 25 heavy (non-hydrogen) atoms. The molecule has 0 aromatic heterocycles. The molecule has 1 unspecified atom stereocenters. The quantitative estimate of drug-likeness (QED) is 0.820. The van der Waals surface area contributed by atoms with E-state index in [4.69, 9.17) is 16.7 Å². The molecular weight excluding hydrogens is 362 g/mol. The van der Waals surface area contributed by atoms with Gasteiger partial charge in [-0.05, 0) is 50.6 Å². The van der Waals surface area contributed by atoms with E-state index < -0.39 is 22.0 Å². The number of hydrogen-bond acceptors (Lipinski definition) is 3. The largest absolute Gasteiger partial charge is 0.481 e. The van der Waals surface area contributed by atoms with Crippen molar-refractivity contribution in [1.82, 2.24) is 0 Å². The molecule has 0 fully saturated rings. The SMILES string of the molecule is Cc1ccc(S(=O)(=O)N(c2cccc(Cl)c2C)C(C)CC(=O)O)cc1. The van der Waals surface area contributed by atoms with Gasteiger partial charge >= 0.3 is 5.97 Å². The average Bonchev–Trinajstić information content (AvgIpc) is 2.51. The molecule has 2 aromatic carbocycles. The van der Waals surface area contributed by atoms with Gasteiger partial charge in [-0.3, -0.25) is 9.10 Å². The van der Waals surface area contributed by atoms with Gasteiger partial charge in [-0.1, -0.05) is 35.4 Å². The Labute approximate surface area is 152 Å². The van der Waals surface area contributed by atoms with Crippen LogP contribution in [-0.2, 0) is 14.8 Å². The smallest absolute Gasteiger partial charge is 0.305 e. The van der Waals surface area contributed by atoms with Gasteiger partial charge in [0, 0.05) is 5.02 Å². The molecule has 1 N–H and O–H groups in total. The van der Waals surface area contributed by atoms with Gasteiger partial charge in [-0.15, -0.1) is 0 Å². The number of aliphatic carboxylic acids is 1. The fourth-order valence-corrected chi connectivity index (χ4v) is 4.48. The Morgan fingerprint density at radius 3 is 2.32 bits per heavy atom. The van der Waals surface area contributed by atoms with Gasteiger partial charge in [0.25, 0.3) is 10.0 Å². The standard InChI is InChI=1S/C18H20ClNO4S/c1-12-7-9-15(10-8-12)25(23,24)20(13(2)11-18(21)22)17-6-4-5-16(19)14(17)3/h4-10,13H,11H2,1-3H3,(H,21,22). The van der Waals surface area contributed by atoms with E-state index in [9.17, 15) is 13.2 Å². The predicted molar refractivity (Wildman–Crippen MR) is 98.7 cm³/mol. The zero-order valence-corrected chi connectivity index (χ0v) is 15.8. The average molecular weight is 382 g/mol. The number of carboxylic acids is 1. The van der Waals surface area contributed by atoms with Crippen molar-refractivity contribution in [2.75, 3.05) is 4.31 Å².